The van der Waals surface area contributed by atoms with Crippen LogP contribution in [0.5, 0.6) is 0 Å². The summed E-state index contributed by atoms with van der Waals surface area (Å²) in [7, 11) is 0. The fourth-order valence-electron chi connectivity index (χ4n) is 4.44. The number of aromatic nitrogens is 5. The van der Waals surface area contributed by atoms with Crippen LogP contribution in [0.2, 0.25) is 0 Å². The SMILES string of the molecule is CCC(c1nnnn1C(C)(C)C)N(Cc1ccc(F)cc1)Cc1cc2cc(C)c(C)cc2[nH]c1=O. The Morgan fingerprint density at radius 2 is 1.74 bits per heavy atom. The largest absolute Gasteiger partial charge is 0.322 e. The van der Waals surface area contributed by atoms with E-state index in [-0.39, 0.29) is 23.0 Å². The molecule has 1 unspecified atom stereocenters. The van der Waals surface area contributed by atoms with Crippen LogP contribution in [0.4, 0.5) is 4.39 Å². The number of nitrogens with one attached hydrogen (secondary N) is 1. The summed E-state index contributed by atoms with van der Waals surface area (Å²) in [4.78, 5) is 18.4. The van der Waals surface area contributed by atoms with Crippen molar-refractivity contribution in [1.82, 2.24) is 30.1 Å². The van der Waals surface area contributed by atoms with E-state index in [0.717, 1.165) is 34.3 Å². The monoisotopic (exact) mass is 476 g/mol. The Kier molecular flexibility index (Phi) is 6.85. The third-order valence-electron chi connectivity index (χ3n) is 6.46. The van der Waals surface area contributed by atoms with Crippen LogP contribution < -0.4 is 5.56 Å². The van der Waals surface area contributed by atoms with Crippen LogP contribution in [0.25, 0.3) is 10.9 Å². The van der Waals surface area contributed by atoms with Crippen LogP contribution in [0.3, 0.4) is 0 Å². The topological polar surface area (TPSA) is 79.7 Å². The zero-order chi connectivity index (χ0) is 25.3. The summed E-state index contributed by atoms with van der Waals surface area (Å²) in [6.07, 6.45) is 0.738. The van der Waals surface area contributed by atoms with Gasteiger partial charge in [-0.3, -0.25) is 9.69 Å². The van der Waals surface area contributed by atoms with Crippen molar-refractivity contribution < 1.29 is 4.39 Å². The molecule has 2 aromatic heterocycles. The number of fused-ring (bicyclic) bond motifs is 1. The molecule has 4 rings (SSSR count). The molecule has 0 radical (unpaired) electrons. The van der Waals surface area contributed by atoms with E-state index >= 15 is 0 Å². The lowest BCUT2D eigenvalue weighted by Gasteiger charge is -2.32. The summed E-state index contributed by atoms with van der Waals surface area (Å²) in [6, 6.07) is 12.4. The minimum absolute atomic E-state index is 0.116. The Bertz CT molecular complexity index is 1380. The standard InChI is InChI=1S/C27H33FN6O/c1-7-24(25-30-31-32-34(25)27(4,5)6)33(15-19-8-10-22(28)11-9-19)16-21-14-20-12-17(2)18(3)13-23(20)29-26(21)35/h8-14,24H,7,15-16H2,1-6H3,(H,29,35). The van der Waals surface area contributed by atoms with Gasteiger partial charge in [-0.05, 0) is 104 Å². The Morgan fingerprint density at radius 1 is 1.06 bits per heavy atom. The van der Waals surface area contributed by atoms with E-state index in [9.17, 15) is 9.18 Å². The molecule has 1 N–H and O–H groups in total. The van der Waals surface area contributed by atoms with Crippen LogP contribution in [0, 0.1) is 19.7 Å². The highest BCUT2D eigenvalue weighted by atomic mass is 19.1. The normalized spacial score (nSPS) is 13.0. The molecular weight excluding hydrogens is 443 g/mol. The van der Waals surface area contributed by atoms with Crippen molar-refractivity contribution >= 4 is 10.9 Å². The lowest BCUT2D eigenvalue weighted by Crippen LogP contribution is -2.35. The van der Waals surface area contributed by atoms with E-state index in [2.05, 4.69) is 66.1 Å². The Balaban J connectivity index is 1.78. The van der Waals surface area contributed by atoms with Gasteiger partial charge in [-0.1, -0.05) is 19.1 Å². The highest BCUT2D eigenvalue weighted by Crippen LogP contribution is 2.29. The number of halogens is 1. The third-order valence-corrected chi connectivity index (χ3v) is 6.46. The van der Waals surface area contributed by atoms with Gasteiger partial charge in [-0.2, -0.15) is 0 Å². The lowest BCUT2D eigenvalue weighted by atomic mass is 10.0. The second-order valence-corrected chi connectivity index (χ2v) is 10.2. The Labute approximate surface area is 205 Å². The molecule has 0 aliphatic rings. The van der Waals surface area contributed by atoms with Gasteiger partial charge >= 0.3 is 0 Å². The molecule has 184 valence electrons. The third kappa shape index (κ3) is 5.32. The predicted octanol–water partition coefficient (Wildman–Crippen LogP) is 5.18. The highest BCUT2D eigenvalue weighted by molar-refractivity contribution is 5.80. The van der Waals surface area contributed by atoms with Gasteiger partial charge in [-0.15, -0.1) is 5.10 Å². The van der Waals surface area contributed by atoms with Crippen LogP contribution in [-0.4, -0.2) is 30.1 Å². The van der Waals surface area contributed by atoms with Crippen LogP contribution in [0.1, 0.15) is 68.2 Å². The van der Waals surface area contributed by atoms with Gasteiger partial charge in [-0.25, -0.2) is 9.07 Å². The number of hydrogen-bond acceptors (Lipinski definition) is 5. The summed E-state index contributed by atoms with van der Waals surface area (Å²) in [5.74, 6) is 0.464. The minimum Gasteiger partial charge on any atom is -0.322 e. The molecule has 2 aromatic carbocycles. The molecule has 0 bridgehead atoms. The molecule has 0 spiro atoms. The molecule has 2 heterocycles. The first-order valence-corrected chi connectivity index (χ1v) is 12.0. The number of tetrazole rings is 1. The lowest BCUT2D eigenvalue weighted by molar-refractivity contribution is 0.153. The highest BCUT2D eigenvalue weighted by Gasteiger charge is 2.29. The van der Waals surface area contributed by atoms with Gasteiger partial charge in [0, 0.05) is 24.2 Å². The molecule has 7 nitrogen and oxygen atoms in total. The summed E-state index contributed by atoms with van der Waals surface area (Å²) >= 11 is 0. The number of H-pyrrole nitrogens is 1. The summed E-state index contributed by atoms with van der Waals surface area (Å²) in [6.45, 7) is 13.3. The summed E-state index contributed by atoms with van der Waals surface area (Å²) in [5, 5.41) is 13.6. The number of rotatable bonds is 7. The first kappa shape index (κ1) is 24.7. The van der Waals surface area contributed by atoms with E-state index in [1.807, 2.05) is 23.7 Å². The summed E-state index contributed by atoms with van der Waals surface area (Å²) in [5.41, 5.74) is 4.34. The predicted molar refractivity (Wildman–Crippen MR) is 136 cm³/mol. The van der Waals surface area contributed by atoms with Crippen LogP contribution in [-0.2, 0) is 18.6 Å². The van der Waals surface area contributed by atoms with Crippen molar-refractivity contribution in [1.29, 1.82) is 0 Å². The molecule has 35 heavy (non-hydrogen) atoms. The number of nitrogens with zero attached hydrogens (tertiary/aromatic N) is 5. The van der Waals surface area contributed by atoms with E-state index in [0.29, 0.717) is 18.7 Å². The van der Waals surface area contributed by atoms with Crippen LogP contribution >= 0.6 is 0 Å². The van der Waals surface area contributed by atoms with Crippen molar-refractivity contribution in [2.24, 2.45) is 0 Å². The van der Waals surface area contributed by atoms with E-state index in [4.69, 9.17) is 0 Å². The number of benzene rings is 2. The molecular formula is C27H33FN6O. The molecule has 1 atom stereocenters. The van der Waals surface area contributed by atoms with Crippen LogP contribution in [0.15, 0.2) is 47.3 Å². The molecule has 0 aliphatic carbocycles. The number of aryl methyl sites for hydroxylation is 2. The van der Waals surface area contributed by atoms with Gasteiger partial charge in [0.2, 0.25) is 0 Å². The van der Waals surface area contributed by atoms with Gasteiger partial charge in [0.15, 0.2) is 5.82 Å². The number of aromatic amines is 1. The zero-order valence-corrected chi connectivity index (χ0v) is 21.3. The molecule has 0 saturated heterocycles. The maximum Gasteiger partial charge on any atom is 0.252 e. The van der Waals surface area contributed by atoms with E-state index in [1.54, 1.807) is 12.1 Å². The van der Waals surface area contributed by atoms with Gasteiger partial charge in [0.25, 0.3) is 5.56 Å². The average Bonchev–Trinajstić information content (AvgIpc) is 3.28. The van der Waals surface area contributed by atoms with Gasteiger partial charge in [0.1, 0.15) is 5.82 Å². The second-order valence-electron chi connectivity index (χ2n) is 10.2. The molecule has 0 saturated carbocycles. The molecule has 8 heteroatoms. The number of hydrogen-bond donors (Lipinski definition) is 1. The van der Waals surface area contributed by atoms with Crippen molar-refractivity contribution in [3.05, 3.63) is 86.7 Å². The van der Waals surface area contributed by atoms with Gasteiger partial charge in [0.05, 0.1) is 11.6 Å². The molecule has 4 aromatic rings. The maximum absolute atomic E-state index is 13.6. The first-order valence-electron chi connectivity index (χ1n) is 12.0. The smallest absolute Gasteiger partial charge is 0.252 e. The Hall–Kier alpha value is -3.39. The Morgan fingerprint density at radius 3 is 2.40 bits per heavy atom. The summed E-state index contributed by atoms with van der Waals surface area (Å²) < 4.78 is 15.4. The van der Waals surface area contributed by atoms with E-state index in [1.165, 1.54) is 17.7 Å². The van der Waals surface area contributed by atoms with Crippen molar-refractivity contribution in [3.63, 3.8) is 0 Å². The quantitative estimate of drug-likeness (QED) is 0.398. The van der Waals surface area contributed by atoms with Crippen molar-refractivity contribution in [2.45, 2.75) is 72.6 Å². The molecule has 0 fully saturated rings. The molecule has 0 amide bonds. The average molecular weight is 477 g/mol. The van der Waals surface area contributed by atoms with Crippen molar-refractivity contribution in [2.75, 3.05) is 0 Å². The second kappa shape index (κ2) is 9.70. The maximum atomic E-state index is 13.6. The van der Waals surface area contributed by atoms with Gasteiger partial charge < -0.3 is 4.98 Å². The minimum atomic E-state index is -0.302. The fourth-order valence-corrected chi connectivity index (χ4v) is 4.44. The number of pyridine rings is 1. The fraction of sp³-hybridized carbons (Fsp3) is 0.407. The first-order chi connectivity index (χ1) is 16.6. The zero-order valence-electron chi connectivity index (χ0n) is 21.3. The van der Waals surface area contributed by atoms with Crippen molar-refractivity contribution in [3.8, 4) is 0 Å². The molecule has 0 aliphatic heterocycles. The van der Waals surface area contributed by atoms with E-state index < -0.39 is 0 Å².